The highest BCUT2D eigenvalue weighted by atomic mass is 35.5. The summed E-state index contributed by atoms with van der Waals surface area (Å²) in [5.41, 5.74) is 6.07. The first-order valence-electron chi connectivity index (χ1n) is 6.39. The summed E-state index contributed by atoms with van der Waals surface area (Å²) < 4.78 is 0. The topological polar surface area (TPSA) is 24.9 Å². The number of pyridine rings is 1. The maximum absolute atomic E-state index is 6.05. The number of benzene rings is 1. The Hall–Kier alpha value is -1.80. The van der Waals surface area contributed by atoms with Crippen LogP contribution in [0.25, 0.3) is 6.08 Å². The highest BCUT2D eigenvalue weighted by molar-refractivity contribution is 6.30. The van der Waals surface area contributed by atoms with Crippen molar-refractivity contribution in [2.24, 2.45) is 0 Å². The van der Waals surface area contributed by atoms with Gasteiger partial charge in [0, 0.05) is 28.8 Å². The quantitative estimate of drug-likeness (QED) is 0.872. The van der Waals surface area contributed by atoms with Gasteiger partial charge in [0.25, 0.3) is 0 Å². The van der Waals surface area contributed by atoms with Crippen LogP contribution in [0.15, 0.2) is 42.4 Å². The maximum Gasteiger partial charge on any atom is 0.0442 e. The molecule has 0 spiro atoms. The first-order valence-corrected chi connectivity index (χ1v) is 6.77. The van der Waals surface area contributed by atoms with Crippen molar-refractivity contribution in [2.75, 3.05) is 5.32 Å². The lowest BCUT2D eigenvalue weighted by atomic mass is 9.95. The zero-order chi connectivity index (χ0) is 13.2. The minimum atomic E-state index is 0.788. The van der Waals surface area contributed by atoms with Gasteiger partial charge in [0.1, 0.15) is 0 Å². The molecule has 0 amide bonds. The number of halogens is 1. The number of nitrogens with one attached hydrogen (secondary N) is 1. The van der Waals surface area contributed by atoms with E-state index in [2.05, 4.69) is 29.4 Å². The highest BCUT2D eigenvalue weighted by Gasteiger charge is 2.11. The van der Waals surface area contributed by atoms with Gasteiger partial charge in [0.2, 0.25) is 0 Å². The molecule has 0 fully saturated rings. The van der Waals surface area contributed by atoms with Crippen LogP contribution in [-0.4, -0.2) is 4.98 Å². The fourth-order valence-electron chi connectivity index (χ4n) is 2.34. The van der Waals surface area contributed by atoms with Crippen LogP contribution in [0.2, 0.25) is 5.02 Å². The molecule has 0 aliphatic heterocycles. The summed E-state index contributed by atoms with van der Waals surface area (Å²) in [6.45, 7) is 2.06. The molecule has 0 saturated heterocycles. The molecule has 96 valence electrons. The van der Waals surface area contributed by atoms with E-state index in [1.807, 2.05) is 30.6 Å². The Balaban J connectivity index is 1.89. The number of hydrogen-bond donors (Lipinski definition) is 1. The van der Waals surface area contributed by atoms with Crippen LogP contribution in [0, 0.1) is 6.92 Å². The zero-order valence-corrected chi connectivity index (χ0v) is 11.5. The van der Waals surface area contributed by atoms with Crippen molar-refractivity contribution >= 4 is 23.4 Å². The Morgan fingerprint density at radius 1 is 1.21 bits per heavy atom. The molecule has 0 radical (unpaired) electrons. The van der Waals surface area contributed by atoms with E-state index in [0.29, 0.717) is 0 Å². The lowest BCUT2D eigenvalue weighted by Gasteiger charge is -2.19. The molecule has 2 nitrogen and oxygen atoms in total. The van der Waals surface area contributed by atoms with E-state index in [1.165, 1.54) is 16.8 Å². The zero-order valence-electron chi connectivity index (χ0n) is 10.8. The fourth-order valence-corrected chi connectivity index (χ4v) is 2.52. The van der Waals surface area contributed by atoms with E-state index >= 15 is 0 Å². The van der Waals surface area contributed by atoms with Gasteiger partial charge >= 0.3 is 0 Å². The molecule has 3 heteroatoms. The molecule has 0 atom stereocenters. The lowest BCUT2D eigenvalue weighted by molar-refractivity contribution is 0.931. The predicted molar refractivity (Wildman–Crippen MR) is 80.3 cm³/mol. The second-order valence-electron chi connectivity index (χ2n) is 4.83. The SMILES string of the molecule is Cc1cnccc1NC1=Cc2cc(Cl)ccc2CC1. The van der Waals surface area contributed by atoms with Crippen LogP contribution in [0.4, 0.5) is 5.69 Å². The Kier molecular flexibility index (Phi) is 3.26. The van der Waals surface area contributed by atoms with Gasteiger partial charge < -0.3 is 5.32 Å². The van der Waals surface area contributed by atoms with Crippen LogP contribution in [-0.2, 0) is 6.42 Å². The summed E-state index contributed by atoms with van der Waals surface area (Å²) in [5, 5.41) is 4.28. The fraction of sp³-hybridized carbons (Fsp3) is 0.188. The van der Waals surface area contributed by atoms with Crippen molar-refractivity contribution in [3.8, 4) is 0 Å². The van der Waals surface area contributed by atoms with E-state index in [0.717, 1.165) is 29.1 Å². The smallest absolute Gasteiger partial charge is 0.0442 e. The molecule has 1 N–H and O–H groups in total. The first-order chi connectivity index (χ1) is 9.22. The van der Waals surface area contributed by atoms with Crippen LogP contribution in [0.3, 0.4) is 0 Å². The van der Waals surface area contributed by atoms with Crippen LogP contribution >= 0.6 is 11.6 Å². The molecule has 0 unspecified atom stereocenters. The van der Waals surface area contributed by atoms with Gasteiger partial charge in [-0.05, 0) is 60.7 Å². The summed E-state index contributed by atoms with van der Waals surface area (Å²) >= 11 is 6.05. The average molecular weight is 271 g/mol. The minimum Gasteiger partial charge on any atom is -0.359 e. The molecular formula is C16H15ClN2. The van der Waals surface area contributed by atoms with Gasteiger partial charge in [0.05, 0.1) is 0 Å². The number of nitrogens with zero attached hydrogens (tertiary/aromatic N) is 1. The molecule has 0 saturated carbocycles. The molecule has 3 rings (SSSR count). The third-order valence-corrected chi connectivity index (χ3v) is 3.65. The van der Waals surface area contributed by atoms with Gasteiger partial charge in [-0.2, -0.15) is 0 Å². The standard InChI is InChI=1S/C16H15ClN2/c1-11-10-18-7-6-16(11)19-15-5-3-12-2-4-14(17)8-13(12)9-15/h2,4,6-10H,3,5H2,1H3,(H,18,19). The van der Waals surface area contributed by atoms with E-state index in [9.17, 15) is 0 Å². The summed E-state index contributed by atoms with van der Waals surface area (Å²) in [5.74, 6) is 0. The van der Waals surface area contributed by atoms with Crippen molar-refractivity contribution in [1.82, 2.24) is 4.98 Å². The summed E-state index contributed by atoms with van der Waals surface area (Å²) in [6.07, 6.45) is 7.94. The number of hydrogen-bond acceptors (Lipinski definition) is 2. The number of allylic oxidation sites excluding steroid dienone is 1. The normalized spacial score (nSPS) is 13.7. The number of rotatable bonds is 2. The minimum absolute atomic E-state index is 0.788. The average Bonchev–Trinajstić information content (AvgIpc) is 2.41. The Morgan fingerprint density at radius 2 is 2.11 bits per heavy atom. The predicted octanol–water partition coefficient (Wildman–Crippen LogP) is 4.44. The summed E-state index contributed by atoms with van der Waals surface area (Å²) in [6, 6.07) is 8.10. The molecular weight excluding hydrogens is 256 g/mol. The summed E-state index contributed by atoms with van der Waals surface area (Å²) in [4.78, 5) is 4.11. The van der Waals surface area contributed by atoms with Gasteiger partial charge in [-0.3, -0.25) is 4.98 Å². The summed E-state index contributed by atoms with van der Waals surface area (Å²) in [7, 11) is 0. The Morgan fingerprint density at radius 3 is 2.95 bits per heavy atom. The van der Waals surface area contributed by atoms with Crippen molar-refractivity contribution in [3.63, 3.8) is 0 Å². The number of anilines is 1. The van der Waals surface area contributed by atoms with E-state index in [1.54, 1.807) is 0 Å². The van der Waals surface area contributed by atoms with Crippen LogP contribution in [0.1, 0.15) is 23.1 Å². The molecule has 2 aromatic rings. The van der Waals surface area contributed by atoms with Crippen molar-refractivity contribution < 1.29 is 0 Å². The van der Waals surface area contributed by atoms with Crippen molar-refractivity contribution in [3.05, 3.63) is 64.1 Å². The van der Waals surface area contributed by atoms with Crippen molar-refractivity contribution in [1.29, 1.82) is 0 Å². The van der Waals surface area contributed by atoms with Crippen LogP contribution in [0.5, 0.6) is 0 Å². The first kappa shape index (κ1) is 12.2. The van der Waals surface area contributed by atoms with Gasteiger partial charge in [-0.1, -0.05) is 17.7 Å². The molecule has 1 aromatic heterocycles. The Bertz CT molecular complexity index is 647. The molecule has 0 bridgehead atoms. The Labute approximate surface area is 118 Å². The largest absolute Gasteiger partial charge is 0.359 e. The molecule has 1 aliphatic carbocycles. The molecule has 19 heavy (non-hydrogen) atoms. The second-order valence-corrected chi connectivity index (χ2v) is 5.26. The second kappa shape index (κ2) is 5.06. The van der Waals surface area contributed by atoms with Gasteiger partial charge in [-0.15, -0.1) is 0 Å². The highest BCUT2D eigenvalue weighted by Crippen LogP contribution is 2.27. The molecule has 1 aromatic carbocycles. The van der Waals surface area contributed by atoms with Gasteiger partial charge in [-0.25, -0.2) is 0 Å². The van der Waals surface area contributed by atoms with E-state index in [-0.39, 0.29) is 0 Å². The van der Waals surface area contributed by atoms with Gasteiger partial charge in [0.15, 0.2) is 0 Å². The van der Waals surface area contributed by atoms with E-state index < -0.39 is 0 Å². The monoisotopic (exact) mass is 270 g/mol. The van der Waals surface area contributed by atoms with Crippen molar-refractivity contribution in [2.45, 2.75) is 19.8 Å². The molecule has 1 heterocycles. The number of aryl methyl sites for hydroxylation is 2. The van der Waals surface area contributed by atoms with Crippen LogP contribution < -0.4 is 5.32 Å². The third-order valence-electron chi connectivity index (χ3n) is 3.42. The molecule has 1 aliphatic rings. The maximum atomic E-state index is 6.05. The number of aromatic nitrogens is 1. The number of fused-ring (bicyclic) bond motifs is 1. The third kappa shape index (κ3) is 2.64. The lowest BCUT2D eigenvalue weighted by Crippen LogP contribution is -2.07. The van der Waals surface area contributed by atoms with E-state index in [4.69, 9.17) is 11.6 Å².